The van der Waals surface area contributed by atoms with Crippen molar-refractivity contribution in [3.8, 4) is 0 Å². The summed E-state index contributed by atoms with van der Waals surface area (Å²) in [4.78, 5) is 21.1. The molecule has 2 aromatic rings. The lowest BCUT2D eigenvalue weighted by Gasteiger charge is -2.50. The number of halogens is 3. The molecule has 9 heteroatoms. The molecule has 1 aromatic heterocycles. The molecule has 3 aliphatic rings. The van der Waals surface area contributed by atoms with Crippen LogP contribution >= 0.6 is 11.8 Å². The molecule has 188 valence electrons. The van der Waals surface area contributed by atoms with Crippen molar-refractivity contribution in [1.29, 1.82) is 0 Å². The van der Waals surface area contributed by atoms with E-state index in [1.807, 2.05) is 24.8 Å². The minimum absolute atomic E-state index is 0.0100. The Balaban J connectivity index is 1.28. The van der Waals surface area contributed by atoms with E-state index in [-0.39, 0.29) is 17.4 Å². The van der Waals surface area contributed by atoms with E-state index in [2.05, 4.69) is 32.7 Å². The van der Waals surface area contributed by atoms with Crippen LogP contribution in [0.1, 0.15) is 74.1 Å². The van der Waals surface area contributed by atoms with Gasteiger partial charge in [-0.15, -0.1) is 11.8 Å². The predicted molar refractivity (Wildman–Crippen MR) is 131 cm³/mol. The standard InChI is InChI=1S/C26H31F3N4OS/c1-16-12-19(35-20-13-25(14-20)8-10-30-11-9-25)6-7-22(16)32-24-31-15-21(26(27,28)29)23(33-24)17-2-4-18(34)5-3-17/h6-7,12,15,17,20,30H,2-5,8-11,13-14H2,1H3,(H,31,32,33). The first-order valence-electron chi connectivity index (χ1n) is 12.4. The number of alkyl halides is 3. The van der Waals surface area contributed by atoms with Crippen molar-refractivity contribution < 1.29 is 18.0 Å². The van der Waals surface area contributed by atoms with Gasteiger partial charge in [-0.1, -0.05) is 0 Å². The van der Waals surface area contributed by atoms with Gasteiger partial charge in [0, 0.05) is 40.8 Å². The zero-order valence-corrected chi connectivity index (χ0v) is 20.7. The van der Waals surface area contributed by atoms with Crippen LogP contribution in [0.2, 0.25) is 0 Å². The summed E-state index contributed by atoms with van der Waals surface area (Å²) in [6.07, 6.45) is 2.81. The highest BCUT2D eigenvalue weighted by atomic mass is 32.2. The number of rotatable bonds is 5. The van der Waals surface area contributed by atoms with Crippen LogP contribution in [0.4, 0.5) is 24.8 Å². The first-order valence-corrected chi connectivity index (χ1v) is 13.3. The molecule has 2 saturated carbocycles. The summed E-state index contributed by atoms with van der Waals surface area (Å²) in [5.41, 5.74) is 1.51. The third-order valence-electron chi connectivity index (χ3n) is 7.79. The van der Waals surface area contributed by atoms with Gasteiger partial charge in [0.15, 0.2) is 0 Å². The zero-order chi connectivity index (χ0) is 24.6. The van der Waals surface area contributed by atoms with Gasteiger partial charge >= 0.3 is 6.18 Å². The molecule has 1 aromatic carbocycles. The topological polar surface area (TPSA) is 66.9 Å². The van der Waals surface area contributed by atoms with Gasteiger partial charge in [0.2, 0.25) is 5.95 Å². The average molecular weight is 505 g/mol. The van der Waals surface area contributed by atoms with Gasteiger partial charge in [-0.3, -0.25) is 4.79 Å². The van der Waals surface area contributed by atoms with Crippen LogP contribution in [0.5, 0.6) is 0 Å². The van der Waals surface area contributed by atoms with Crippen LogP contribution in [0.3, 0.4) is 0 Å². The maximum absolute atomic E-state index is 13.6. The molecular formula is C26H31F3N4OS. The van der Waals surface area contributed by atoms with E-state index >= 15 is 0 Å². The Hall–Kier alpha value is -2.13. The molecule has 3 fully saturated rings. The highest BCUT2D eigenvalue weighted by Gasteiger charge is 2.44. The second kappa shape index (κ2) is 9.73. The molecule has 0 atom stereocenters. The first kappa shape index (κ1) is 24.6. The second-order valence-electron chi connectivity index (χ2n) is 10.3. The smallest absolute Gasteiger partial charge is 0.324 e. The number of carbonyl (C=O) groups is 1. The molecule has 2 N–H and O–H groups in total. The van der Waals surface area contributed by atoms with Crippen LogP contribution in [-0.2, 0) is 11.0 Å². The number of benzene rings is 1. The number of hydrogen-bond donors (Lipinski definition) is 2. The van der Waals surface area contributed by atoms with Crippen molar-refractivity contribution in [2.75, 3.05) is 18.4 Å². The van der Waals surface area contributed by atoms with Gasteiger partial charge in [0.05, 0.1) is 11.3 Å². The van der Waals surface area contributed by atoms with Crippen molar-refractivity contribution in [2.45, 2.75) is 80.5 Å². The van der Waals surface area contributed by atoms with Crippen LogP contribution < -0.4 is 10.6 Å². The van der Waals surface area contributed by atoms with E-state index in [9.17, 15) is 18.0 Å². The Kier molecular flexibility index (Phi) is 6.83. The average Bonchev–Trinajstić information content (AvgIpc) is 2.80. The van der Waals surface area contributed by atoms with Crippen LogP contribution in [0.15, 0.2) is 29.3 Å². The van der Waals surface area contributed by atoms with E-state index in [0.717, 1.165) is 30.5 Å². The Morgan fingerprint density at radius 2 is 1.86 bits per heavy atom. The normalized spacial score (nSPS) is 21.2. The Labute approximate surface area is 208 Å². The SMILES string of the molecule is Cc1cc(SC2CC3(CCNCC3)C2)ccc1Nc1ncc(C(F)(F)F)c(C2CCC(=O)CC2)n1. The van der Waals surface area contributed by atoms with Crippen molar-refractivity contribution in [3.05, 3.63) is 41.2 Å². The molecule has 1 aliphatic heterocycles. The minimum atomic E-state index is -4.53. The quantitative estimate of drug-likeness (QED) is 0.491. The van der Waals surface area contributed by atoms with Gasteiger partial charge in [0.25, 0.3) is 0 Å². The number of piperidine rings is 1. The number of anilines is 2. The first-order chi connectivity index (χ1) is 16.7. The summed E-state index contributed by atoms with van der Waals surface area (Å²) in [5, 5.41) is 7.22. The van der Waals surface area contributed by atoms with Crippen LogP contribution in [0, 0.1) is 12.3 Å². The maximum atomic E-state index is 13.6. The molecule has 2 heterocycles. The summed E-state index contributed by atoms with van der Waals surface area (Å²) in [6, 6.07) is 6.14. The van der Waals surface area contributed by atoms with E-state index in [1.165, 1.54) is 30.6 Å². The molecule has 35 heavy (non-hydrogen) atoms. The van der Waals surface area contributed by atoms with Crippen LogP contribution in [0.25, 0.3) is 0 Å². The number of aromatic nitrogens is 2. The molecule has 0 radical (unpaired) electrons. The number of carbonyl (C=O) groups excluding carboxylic acids is 1. The van der Waals surface area contributed by atoms with E-state index < -0.39 is 17.7 Å². The molecule has 0 amide bonds. The third kappa shape index (κ3) is 5.50. The molecule has 0 unspecified atom stereocenters. The summed E-state index contributed by atoms with van der Waals surface area (Å²) in [7, 11) is 0. The van der Waals surface area contributed by atoms with Crippen molar-refractivity contribution >= 4 is 29.2 Å². The number of aryl methyl sites for hydroxylation is 1. The van der Waals surface area contributed by atoms with E-state index in [0.29, 0.717) is 36.3 Å². The minimum Gasteiger partial charge on any atom is -0.324 e. The number of hydrogen-bond acceptors (Lipinski definition) is 6. The maximum Gasteiger partial charge on any atom is 0.419 e. The molecule has 5 rings (SSSR count). The molecule has 1 saturated heterocycles. The molecular weight excluding hydrogens is 473 g/mol. The number of nitrogens with one attached hydrogen (secondary N) is 2. The number of Topliss-reactive ketones (excluding diaryl/α,β-unsaturated/α-hetero) is 1. The molecule has 5 nitrogen and oxygen atoms in total. The number of nitrogens with zero attached hydrogens (tertiary/aromatic N) is 2. The predicted octanol–water partition coefficient (Wildman–Crippen LogP) is 6.40. The van der Waals surface area contributed by atoms with E-state index in [1.54, 1.807) is 0 Å². The highest BCUT2D eigenvalue weighted by molar-refractivity contribution is 8.00. The van der Waals surface area contributed by atoms with Gasteiger partial charge in [-0.2, -0.15) is 13.2 Å². The van der Waals surface area contributed by atoms with Gasteiger partial charge in [0.1, 0.15) is 5.78 Å². The lowest BCUT2D eigenvalue weighted by Crippen LogP contribution is -2.46. The van der Waals surface area contributed by atoms with Crippen LogP contribution in [-0.4, -0.2) is 34.1 Å². The van der Waals surface area contributed by atoms with Gasteiger partial charge in [-0.25, -0.2) is 9.97 Å². The molecule has 0 bridgehead atoms. The van der Waals surface area contributed by atoms with Gasteiger partial charge in [-0.05, 0) is 87.7 Å². The summed E-state index contributed by atoms with van der Waals surface area (Å²) < 4.78 is 40.9. The van der Waals surface area contributed by atoms with Gasteiger partial charge < -0.3 is 10.6 Å². The summed E-state index contributed by atoms with van der Waals surface area (Å²) >= 11 is 1.92. The fraction of sp³-hybridized carbons (Fsp3) is 0.577. The lowest BCUT2D eigenvalue weighted by atomic mass is 9.63. The molecule has 2 aliphatic carbocycles. The monoisotopic (exact) mass is 504 g/mol. The summed E-state index contributed by atoms with van der Waals surface area (Å²) in [5.74, 6) is -0.137. The summed E-state index contributed by atoms with van der Waals surface area (Å²) in [6.45, 7) is 4.24. The fourth-order valence-corrected chi connectivity index (χ4v) is 7.37. The number of thioether (sulfide) groups is 1. The fourth-order valence-electron chi connectivity index (χ4n) is 5.72. The van der Waals surface area contributed by atoms with Crippen molar-refractivity contribution in [1.82, 2.24) is 15.3 Å². The largest absolute Gasteiger partial charge is 0.419 e. The highest BCUT2D eigenvalue weighted by Crippen LogP contribution is 2.54. The lowest BCUT2D eigenvalue weighted by molar-refractivity contribution is -0.139. The Bertz CT molecular complexity index is 1080. The molecule has 1 spiro atoms. The van der Waals surface area contributed by atoms with E-state index in [4.69, 9.17) is 0 Å². The van der Waals surface area contributed by atoms with Crippen molar-refractivity contribution in [3.63, 3.8) is 0 Å². The zero-order valence-electron chi connectivity index (χ0n) is 19.9. The Morgan fingerprint density at radius 3 is 2.51 bits per heavy atom. The Morgan fingerprint density at radius 1 is 1.14 bits per heavy atom. The van der Waals surface area contributed by atoms with Crippen molar-refractivity contribution in [2.24, 2.45) is 5.41 Å². The second-order valence-corrected chi connectivity index (χ2v) is 11.7. The number of ketones is 1. The third-order valence-corrected chi connectivity index (χ3v) is 8.98.